The summed E-state index contributed by atoms with van der Waals surface area (Å²) < 4.78 is 5.36. The number of hydrogen-bond acceptors (Lipinski definition) is 4. The van der Waals surface area contributed by atoms with Crippen molar-refractivity contribution in [2.24, 2.45) is 22.5 Å². The molecule has 1 aromatic rings. The summed E-state index contributed by atoms with van der Waals surface area (Å²) in [6, 6.07) is 0. The minimum atomic E-state index is 0.189. The van der Waals surface area contributed by atoms with Crippen LogP contribution in [0.4, 0.5) is 0 Å². The number of rotatable bonds is 6. The van der Waals surface area contributed by atoms with Crippen molar-refractivity contribution in [1.29, 1.82) is 0 Å². The molecule has 0 fully saturated rings. The summed E-state index contributed by atoms with van der Waals surface area (Å²) in [5.41, 5.74) is 6.18. The van der Waals surface area contributed by atoms with Gasteiger partial charge >= 0.3 is 0 Å². The maximum atomic E-state index is 5.72. The van der Waals surface area contributed by atoms with Crippen molar-refractivity contribution < 1.29 is 4.52 Å². The molecule has 0 saturated heterocycles. The van der Waals surface area contributed by atoms with Crippen LogP contribution < -0.4 is 5.73 Å². The molecule has 116 valence electrons. The van der Waals surface area contributed by atoms with Gasteiger partial charge in [0.15, 0.2) is 5.82 Å². The topological polar surface area (TPSA) is 64.9 Å². The Morgan fingerprint density at radius 3 is 2.25 bits per heavy atom. The number of aryl methyl sites for hydroxylation is 1. The third-order valence-corrected chi connectivity index (χ3v) is 3.65. The monoisotopic (exact) mass is 281 g/mol. The zero-order valence-electron chi connectivity index (χ0n) is 14.0. The quantitative estimate of drug-likeness (QED) is 0.865. The van der Waals surface area contributed by atoms with E-state index in [1.165, 1.54) is 0 Å². The third-order valence-electron chi connectivity index (χ3n) is 3.65. The van der Waals surface area contributed by atoms with Gasteiger partial charge in [0.1, 0.15) is 0 Å². The molecule has 0 aromatic carbocycles. The van der Waals surface area contributed by atoms with E-state index in [1.54, 1.807) is 0 Å². The molecule has 2 N–H and O–H groups in total. The van der Waals surface area contributed by atoms with Crippen molar-refractivity contribution >= 4 is 0 Å². The van der Waals surface area contributed by atoms with Crippen molar-refractivity contribution in [3.05, 3.63) is 11.7 Å². The van der Waals surface area contributed by atoms with E-state index in [4.69, 9.17) is 10.3 Å². The smallest absolute Gasteiger partial charge is 0.226 e. The van der Waals surface area contributed by atoms with Gasteiger partial charge in [0, 0.05) is 12.8 Å². The number of aromatic nitrogens is 2. The van der Waals surface area contributed by atoms with Gasteiger partial charge in [-0.15, -0.1) is 0 Å². The normalized spacial score (nSPS) is 14.6. The molecule has 0 aliphatic carbocycles. The average Bonchev–Trinajstić information content (AvgIpc) is 2.67. The fraction of sp³-hybridized carbons (Fsp3) is 0.875. The molecular weight excluding hydrogens is 250 g/mol. The summed E-state index contributed by atoms with van der Waals surface area (Å²) in [5.74, 6) is 2.17. The highest BCUT2D eigenvalue weighted by Gasteiger charge is 2.24. The van der Waals surface area contributed by atoms with Gasteiger partial charge in [-0.25, -0.2) is 0 Å². The zero-order valence-corrected chi connectivity index (χ0v) is 14.0. The van der Waals surface area contributed by atoms with Crippen molar-refractivity contribution in [3.8, 4) is 0 Å². The molecule has 4 heteroatoms. The fourth-order valence-corrected chi connectivity index (χ4v) is 2.45. The van der Waals surface area contributed by atoms with E-state index in [-0.39, 0.29) is 10.8 Å². The maximum absolute atomic E-state index is 5.72. The molecule has 1 heterocycles. The summed E-state index contributed by atoms with van der Waals surface area (Å²) in [5, 5.41) is 4.08. The number of hydrogen-bond donors (Lipinski definition) is 1. The van der Waals surface area contributed by atoms with Gasteiger partial charge < -0.3 is 10.3 Å². The van der Waals surface area contributed by atoms with Crippen LogP contribution >= 0.6 is 0 Å². The lowest BCUT2D eigenvalue weighted by Crippen LogP contribution is -2.24. The Kier molecular flexibility index (Phi) is 5.75. The van der Waals surface area contributed by atoms with E-state index in [9.17, 15) is 0 Å². The van der Waals surface area contributed by atoms with Crippen LogP contribution in [0, 0.1) is 16.7 Å². The van der Waals surface area contributed by atoms with Crippen LogP contribution in [0.15, 0.2) is 4.52 Å². The third kappa shape index (κ3) is 6.04. The number of nitrogens with zero attached hydrogens (tertiary/aromatic N) is 2. The highest BCUT2D eigenvalue weighted by molar-refractivity contribution is 4.91. The summed E-state index contributed by atoms with van der Waals surface area (Å²) in [4.78, 5) is 4.50. The van der Waals surface area contributed by atoms with Crippen molar-refractivity contribution in [2.75, 3.05) is 6.54 Å². The summed E-state index contributed by atoms with van der Waals surface area (Å²) >= 11 is 0. The molecule has 1 atom stereocenters. The molecule has 0 amide bonds. The van der Waals surface area contributed by atoms with Gasteiger partial charge in [-0.3, -0.25) is 0 Å². The molecule has 0 aliphatic rings. The predicted molar refractivity (Wildman–Crippen MR) is 82.4 cm³/mol. The fourth-order valence-electron chi connectivity index (χ4n) is 2.45. The molecule has 20 heavy (non-hydrogen) atoms. The van der Waals surface area contributed by atoms with Gasteiger partial charge in [0.05, 0.1) is 0 Å². The largest absolute Gasteiger partial charge is 0.339 e. The molecule has 4 nitrogen and oxygen atoms in total. The molecule has 0 bridgehead atoms. The zero-order chi connectivity index (χ0) is 15.4. The Hall–Kier alpha value is -0.900. The molecule has 1 rings (SSSR count). The first-order chi connectivity index (χ1) is 9.12. The van der Waals surface area contributed by atoms with Gasteiger partial charge in [0.2, 0.25) is 5.89 Å². The Morgan fingerprint density at radius 1 is 1.10 bits per heavy atom. The SMILES string of the molecule is CC(C)(C)Cc1noc(CCC(CCN)C(C)(C)C)n1. The molecule has 0 radical (unpaired) electrons. The average molecular weight is 281 g/mol. The van der Waals surface area contributed by atoms with E-state index in [0.29, 0.717) is 5.92 Å². The van der Waals surface area contributed by atoms with Crippen molar-refractivity contribution in [2.45, 2.75) is 67.2 Å². The highest BCUT2D eigenvalue weighted by atomic mass is 16.5. The first-order valence-corrected chi connectivity index (χ1v) is 7.63. The Labute approximate surface area is 123 Å². The molecule has 1 aromatic heterocycles. The summed E-state index contributed by atoms with van der Waals surface area (Å²) in [6.07, 6.45) is 3.80. The second kappa shape index (κ2) is 6.70. The van der Waals surface area contributed by atoms with E-state index in [0.717, 1.165) is 43.9 Å². The lowest BCUT2D eigenvalue weighted by atomic mass is 9.76. The second-order valence-electron chi connectivity index (χ2n) is 8.02. The maximum Gasteiger partial charge on any atom is 0.226 e. The van der Waals surface area contributed by atoms with Crippen LogP contribution in [0.5, 0.6) is 0 Å². The van der Waals surface area contributed by atoms with Crippen LogP contribution in [-0.4, -0.2) is 16.7 Å². The van der Waals surface area contributed by atoms with E-state index in [2.05, 4.69) is 51.7 Å². The van der Waals surface area contributed by atoms with Crippen LogP contribution in [0.2, 0.25) is 0 Å². The predicted octanol–water partition coefficient (Wildman–Crippen LogP) is 3.60. The summed E-state index contributed by atoms with van der Waals surface area (Å²) in [6.45, 7) is 14.1. The molecule has 0 aliphatic heterocycles. The summed E-state index contributed by atoms with van der Waals surface area (Å²) in [7, 11) is 0. The van der Waals surface area contributed by atoms with Gasteiger partial charge in [0.25, 0.3) is 0 Å². The second-order valence-corrected chi connectivity index (χ2v) is 8.02. The Morgan fingerprint density at radius 2 is 1.75 bits per heavy atom. The van der Waals surface area contributed by atoms with Gasteiger partial charge in [-0.2, -0.15) is 4.98 Å². The Balaban J connectivity index is 2.56. The molecule has 0 spiro atoms. The minimum Gasteiger partial charge on any atom is -0.339 e. The van der Waals surface area contributed by atoms with Gasteiger partial charge in [-0.05, 0) is 36.1 Å². The molecule has 0 saturated carbocycles. The lowest BCUT2D eigenvalue weighted by molar-refractivity contribution is 0.208. The molecule has 1 unspecified atom stereocenters. The van der Waals surface area contributed by atoms with Crippen LogP contribution in [0.3, 0.4) is 0 Å². The minimum absolute atomic E-state index is 0.189. The standard InChI is InChI=1S/C16H31N3O/c1-15(2,3)11-13-18-14(20-19-13)8-7-12(9-10-17)16(4,5)6/h12H,7-11,17H2,1-6H3. The number of nitrogens with two attached hydrogens (primary N) is 1. The van der Waals surface area contributed by atoms with Crippen LogP contribution in [-0.2, 0) is 12.8 Å². The van der Waals surface area contributed by atoms with Crippen LogP contribution in [0.1, 0.15) is 66.1 Å². The highest BCUT2D eigenvalue weighted by Crippen LogP contribution is 2.32. The van der Waals surface area contributed by atoms with E-state index in [1.807, 2.05) is 0 Å². The lowest BCUT2D eigenvalue weighted by Gasteiger charge is -2.30. The van der Waals surface area contributed by atoms with Gasteiger partial charge in [-0.1, -0.05) is 46.7 Å². The first-order valence-electron chi connectivity index (χ1n) is 7.63. The van der Waals surface area contributed by atoms with E-state index >= 15 is 0 Å². The van der Waals surface area contributed by atoms with E-state index < -0.39 is 0 Å². The van der Waals surface area contributed by atoms with Crippen molar-refractivity contribution in [1.82, 2.24) is 10.1 Å². The first kappa shape index (κ1) is 17.2. The van der Waals surface area contributed by atoms with Crippen molar-refractivity contribution in [3.63, 3.8) is 0 Å². The Bertz CT molecular complexity index is 399. The molecular formula is C16H31N3O. The van der Waals surface area contributed by atoms with Crippen LogP contribution in [0.25, 0.3) is 0 Å².